The highest BCUT2D eigenvalue weighted by Gasteiger charge is 2.23. The number of nitro groups is 1. The van der Waals surface area contributed by atoms with Gasteiger partial charge in [0.2, 0.25) is 5.89 Å². The molecule has 0 amide bonds. The van der Waals surface area contributed by atoms with Gasteiger partial charge in [-0.1, -0.05) is 29.5 Å². The van der Waals surface area contributed by atoms with E-state index in [2.05, 4.69) is 9.97 Å². The molecule has 0 spiro atoms. The summed E-state index contributed by atoms with van der Waals surface area (Å²) in [6.45, 7) is 0.236. The van der Waals surface area contributed by atoms with Gasteiger partial charge in [-0.05, 0) is 18.2 Å². The second-order valence-electron chi connectivity index (χ2n) is 7.02. The van der Waals surface area contributed by atoms with Crippen molar-refractivity contribution in [3.8, 4) is 11.5 Å². The number of aromatic nitrogens is 2. The summed E-state index contributed by atoms with van der Waals surface area (Å²) in [5.74, 6) is 0.442. The number of nitro benzene ring substituents is 1. The first-order chi connectivity index (χ1) is 15.1. The molecule has 0 aliphatic heterocycles. The second kappa shape index (κ2) is 8.13. The van der Waals surface area contributed by atoms with Crippen LogP contribution in [0, 0.1) is 10.1 Å². The van der Waals surface area contributed by atoms with E-state index in [1.54, 1.807) is 11.9 Å². The van der Waals surface area contributed by atoms with E-state index < -0.39 is 26.0 Å². The maximum Gasteiger partial charge on any atom is 0.288 e. The maximum absolute atomic E-state index is 12.6. The van der Waals surface area contributed by atoms with E-state index in [4.69, 9.17) is 4.42 Å². The summed E-state index contributed by atoms with van der Waals surface area (Å²) < 4.78 is 29.3. The van der Waals surface area contributed by atoms with Crippen LogP contribution in [0.1, 0.15) is 5.69 Å². The van der Waals surface area contributed by atoms with E-state index in [1.165, 1.54) is 6.26 Å². The summed E-state index contributed by atoms with van der Waals surface area (Å²) in [5.41, 5.74) is 0.177. The Morgan fingerprint density at radius 3 is 2.56 bits per heavy atom. The lowest BCUT2D eigenvalue weighted by Gasteiger charge is -2.15. The van der Waals surface area contributed by atoms with Gasteiger partial charge in [-0.15, -0.1) is 0 Å². The number of sulfone groups is 1. The van der Waals surface area contributed by atoms with Crippen molar-refractivity contribution < 1.29 is 17.8 Å². The van der Waals surface area contributed by atoms with Crippen LogP contribution in [0.25, 0.3) is 21.5 Å². The molecule has 12 heteroatoms. The molecule has 0 bridgehead atoms. The van der Waals surface area contributed by atoms with Crippen molar-refractivity contribution in [2.75, 3.05) is 18.2 Å². The molecule has 4 aromatic rings. The number of non-ortho nitro benzene ring substituents is 1. The third-order valence-electron chi connectivity index (χ3n) is 4.59. The summed E-state index contributed by atoms with van der Waals surface area (Å²) in [6, 6.07) is 11.4. The van der Waals surface area contributed by atoms with Gasteiger partial charge in [-0.25, -0.2) is 13.4 Å². The Bertz CT molecular complexity index is 1500. The summed E-state index contributed by atoms with van der Waals surface area (Å²) in [5, 5.41) is 11.7. The summed E-state index contributed by atoms with van der Waals surface area (Å²) in [6.07, 6.45) is 2.41. The number of anilines is 1. The van der Waals surface area contributed by atoms with Crippen molar-refractivity contribution in [1.29, 1.82) is 0 Å². The van der Waals surface area contributed by atoms with Gasteiger partial charge in [0.05, 0.1) is 27.4 Å². The molecule has 10 nitrogen and oxygen atoms in total. The monoisotopic (exact) mass is 472 g/mol. The Labute approximate surface area is 185 Å². The molecule has 32 heavy (non-hydrogen) atoms. The van der Waals surface area contributed by atoms with Crippen LogP contribution in [0.2, 0.25) is 0 Å². The lowest BCUT2D eigenvalue weighted by molar-refractivity contribution is -0.383. The molecule has 2 aromatic carbocycles. The van der Waals surface area contributed by atoms with Gasteiger partial charge in [-0.3, -0.25) is 14.9 Å². The third kappa shape index (κ3) is 4.22. The first-order valence-corrected chi connectivity index (χ1v) is 11.9. The molecule has 2 heterocycles. The zero-order valence-electron chi connectivity index (χ0n) is 16.9. The van der Waals surface area contributed by atoms with Crippen molar-refractivity contribution in [2.24, 2.45) is 0 Å². The van der Waals surface area contributed by atoms with Crippen molar-refractivity contribution in [1.82, 2.24) is 9.97 Å². The fourth-order valence-corrected chi connectivity index (χ4v) is 4.71. The molecular weight excluding hydrogens is 456 g/mol. The number of benzene rings is 2. The van der Waals surface area contributed by atoms with E-state index in [9.17, 15) is 23.3 Å². The Morgan fingerprint density at radius 1 is 1.19 bits per heavy atom. The number of fused-ring (bicyclic) bond motifs is 1. The van der Waals surface area contributed by atoms with Gasteiger partial charge in [0.1, 0.15) is 11.0 Å². The normalized spacial score (nSPS) is 11.6. The molecule has 0 N–H and O–H groups in total. The predicted molar refractivity (Wildman–Crippen MR) is 120 cm³/mol. The average molecular weight is 473 g/mol. The Kier molecular flexibility index (Phi) is 5.48. The number of rotatable bonds is 6. The first kappa shape index (κ1) is 21.6. The van der Waals surface area contributed by atoms with Gasteiger partial charge in [0.25, 0.3) is 11.2 Å². The van der Waals surface area contributed by atoms with Gasteiger partial charge in [0.15, 0.2) is 15.0 Å². The van der Waals surface area contributed by atoms with Crippen molar-refractivity contribution in [3.63, 3.8) is 0 Å². The average Bonchev–Trinajstić information content (AvgIpc) is 3.21. The molecule has 0 saturated carbocycles. The molecule has 0 aliphatic rings. The number of hydrogen-bond donors (Lipinski definition) is 0. The van der Waals surface area contributed by atoms with Crippen LogP contribution in [-0.2, 0) is 16.4 Å². The summed E-state index contributed by atoms with van der Waals surface area (Å²) in [7, 11) is -2.09. The van der Waals surface area contributed by atoms with Crippen LogP contribution in [0.15, 0.2) is 62.8 Å². The lowest BCUT2D eigenvalue weighted by Crippen LogP contribution is -2.20. The van der Waals surface area contributed by atoms with E-state index in [-0.39, 0.29) is 26.7 Å². The van der Waals surface area contributed by atoms with E-state index in [0.717, 1.165) is 35.3 Å². The molecule has 4 rings (SSSR count). The topological polar surface area (TPSA) is 137 Å². The van der Waals surface area contributed by atoms with Crippen LogP contribution >= 0.6 is 11.3 Å². The van der Waals surface area contributed by atoms with Gasteiger partial charge < -0.3 is 9.32 Å². The van der Waals surface area contributed by atoms with Crippen molar-refractivity contribution >= 4 is 42.1 Å². The SMILES string of the molecule is CN(Cc1coc(-c2ccccc2)n1)c1nc(=O)c2cc(S(C)(=O)=O)cc([N+](=O)[O-])c2s1. The second-order valence-corrected chi connectivity index (χ2v) is 10.0. The van der Waals surface area contributed by atoms with E-state index in [0.29, 0.717) is 11.6 Å². The van der Waals surface area contributed by atoms with Crippen LogP contribution in [-0.4, -0.2) is 36.6 Å². The minimum absolute atomic E-state index is 0.0503. The zero-order valence-corrected chi connectivity index (χ0v) is 18.5. The molecule has 0 saturated heterocycles. The van der Waals surface area contributed by atoms with E-state index in [1.807, 2.05) is 30.3 Å². The Morgan fingerprint density at radius 2 is 1.91 bits per heavy atom. The van der Waals surface area contributed by atoms with Gasteiger partial charge in [-0.2, -0.15) is 4.98 Å². The van der Waals surface area contributed by atoms with Crippen LogP contribution in [0.5, 0.6) is 0 Å². The first-order valence-electron chi connectivity index (χ1n) is 9.18. The third-order valence-corrected chi connectivity index (χ3v) is 6.90. The number of nitrogens with zero attached hydrogens (tertiary/aromatic N) is 4. The van der Waals surface area contributed by atoms with Gasteiger partial charge in [0, 0.05) is 24.9 Å². The summed E-state index contributed by atoms with van der Waals surface area (Å²) in [4.78, 5) is 33.2. The minimum Gasteiger partial charge on any atom is -0.444 e. The number of hydrogen-bond acceptors (Lipinski definition) is 10. The Balaban J connectivity index is 1.72. The van der Waals surface area contributed by atoms with Gasteiger partial charge >= 0.3 is 0 Å². The maximum atomic E-state index is 12.6. The van der Waals surface area contributed by atoms with E-state index >= 15 is 0 Å². The molecule has 2 aromatic heterocycles. The summed E-state index contributed by atoms with van der Waals surface area (Å²) >= 11 is 0.926. The Hall–Kier alpha value is -3.64. The standard InChI is InChI=1S/C20H16N4O6S2/c1-23(10-13-11-30-19(21-13)12-6-4-3-5-7-12)20-22-18(25)15-8-14(32(2,28)29)9-16(24(26)27)17(15)31-20/h3-9,11H,10H2,1-2H3. The highest BCUT2D eigenvalue weighted by atomic mass is 32.2. The molecule has 0 aliphatic carbocycles. The fourth-order valence-electron chi connectivity index (χ4n) is 3.03. The smallest absolute Gasteiger partial charge is 0.288 e. The molecule has 0 fully saturated rings. The quantitative estimate of drug-likeness (QED) is 0.306. The van der Waals surface area contributed by atoms with Crippen LogP contribution < -0.4 is 10.5 Å². The molecular formula is C20H16N4O6S2. The highest BCUT2D eigenvalue weighted by molar-refractivity contribution is 7.90. The highest BCUT2D eigenvalue weighted by Crippen LogP contribution is 2.34. The molecule has 164 valence electrons. The van der Waals surface area contributed by atoms with Crippen molar-refractivity contribution in [3.05, 3.63) is 74.9 Å². The minimum atomic E-state index is -3.75. The zero-order chi connectivity index (χ0) is 23.0. The van der Waals surface area contributed by atoms with Crippen LogP contribution in [0.3, 0.4) is 0 Å². The fraction of sp³-hybridized carbons (Fsp3) is 0.150. The van der Waals surface area contributed by atoms with Crippen LogP contribution in [0.4, 0.5) is 10.8 Å². The molecule has 0 radical (unpaired) electrons. The van der Waals surface area contributed by atoms with Crippen molar-refractivity contribution in [2.45, 2.75) is 11.4 Å². The number of oxazole rings is 1. The largest absolute Gasteiger partial charge is 0.444 e. The lowest BCUT2D eigenvalue weighted by atomic mass is 10.2. The predicted octanol–water partition coefficient (Wildman–Crippen LogP) is 3.26. The molecule has 0 unspecified atom stereocenters. The molecule has 0 atom stereocenters.